The lowest BCUT2D eigenvalue weighted by atomic mass is 10.1. The molecule has 4 heterocycles. The van der Waals surface area contributed by atoms with Crippen molar-refractivity contribution in [1.82, 2.24) is 29.5 Å². The maximum atomic E-state index is 13.3. The molecule has 15 heteroatoms. The number of piperazine rings is 1. The number of aromatic nitrogens is 4. The Bertz CT molecular complexity index is 1810. The van der Waals surface area contributed by atoms with E-state index in [2.05, 4.69) is 15.3 Å². The lowest BCUT2D eigenvalue weighted by Gasteiger charge is -2.36. The van der Waals surface area contributed by atoms with E-state index in [4.69, 9.17) is 15.2 Å². The number of anilines is 1. The summed E-state index contributed by atoms with van der Waals surface area (Å²) in [6.07, 6.45) is 3.42. The number of urea groups is 1. The van der Waals surface area contributed by atoms with Gasteiger partial charge in [-0.1, -0.05) is 12.1 Å². The number of benzene rings is 2. The van der Waals surface area contributed by atoms with Crippen molar-refractivity contribution in [2.45, 2.75) is 38.8 Å². The molecule has 0 saturated carbocycles. The van der Waals surface area contributed by atoms with Gasteiger partial charge in [-0.15, -0.1) is 0 Å². The molecule has 2 aliphatic heterocycles. The van der Waals surface area contributed by atoms with Gasteiger partial charge in [0.2, 0.25) is 5.95 Å². The first-order valence-electron chi connectivity index (χ1n) is 14.4. The largest absolute Gasteiger partial charge is 0.460 e. The van der Waals surface area contributed by atoms with Crippen LogP contribution in [0.4, 0.5) is 19.5 Å². The number of esters is 1. The van der Waals surface area contributed by atoms with Crippen LogP contribution in [0.1, 0.15) is 18.1 Å². The fourth-order valence-electron chi connectivity index (χ4n) is 5.67. The van der Waals surface area contributed by atoms with Crippen LogP contribution in [0.15, 0.2) is 53.6 Å². The van der Waals surface area contributed by atoms with Crippen LogP contribution in [0.5, 0.6) is 5.75 Å². The molecular weight excluding hydrogens is 590 g/mol. The highest BCUT2D eigenvalue weighted by Crippen LogP contribution is 2.28. The lowest BCUT2D eigenvalue weighted by Crippen LogP contribution is -2.52. The Kier molecular flexibility index (Phi) is 8.10. The van der Waals surface area contributed by atoms with Crippen LogP contribution in [0, 0.1) is 0 Å². The smallest absolute Gasteiger partial charge is 0.387 e. The molecule has 3 N–H and O–H groups in total. The number of carbonyl (C=O) groups excluding carboxylic acids is 2. The number of fused-ring (bicyclic) bond motifs is 2. The highest BCUT2D eigenvalue weighted by atomic mass is 19.3. The fourth-order valence-corrected chi connectivity index (χ4v) is 5.67. The maximum Gasteiger partial charge on any atom is 0.387 e. The topological polar surface area (TPSA) is 150 Å². The summed E-state index contributed by atoms with van der Waals surface area (Å²) in [5, 5.41) is 3.30. The predicted octanol–water partition coefficient (Wildman–Crippen LogP) is 2.05. The molecule has 0 aliphatic carbocycles. The van der Waals surface area contributed by atoms with E-state index >= 15 is 0 Å². The van der Waals surface area contributed by atoms with Gasteiger partial charge in [0, 0.05) is 56.7 Å². The highest BCUT2D eigenvalue weighted by Gasteiger charge is 2.36. The average Bonchev–Trinajstić information content (AvgIpc) is 3.52. The Morgan fingerprint density at radius 1 is 1.11 bits per heavy atom. The minimum absolute atomic E-state index is 0.00969. The van der Waals surface area contributed by atoms with Crippen LogP contribution in [0.25, 0.3) is 22.0 Å². The van der Waals surface area contributed by atoms with Crippen molar-refractivity contribution in [1.29, 1.82) is 0 Å². The second kappa shape index (κ2) is 12.1. The molecule has 2 aliphatic rings. The third kappa shape index (κ3) is 6.02. The van der Waals surface area contributed by atoms with Gasteiger partial charge in [0.25, 0.3) is 5.56 Å². The monoisotopic (exact) mass is 622 g/mol. The molecule has 4 aromatic rings. The number of nitrogens with two attached hydrogens (primary N) is 1. The molecule has 45 heavy (non-hydrogen) atoms. The Labute approximate surface area is 256 Å². The van der Waals surface area contributed by atoms with Crippen molar-refractivity contribution in [3.05, 3.63) is 70.3 Å². The quantitative estimate of drug-likeness (QED) is 0.268. The van der Waals surface area contributed by atoms with Gasteiger partial charge >= 0.3 is 18.6 Å². The van der Waals surface area contributed by atoms with Gasteiger partial charge in [-0.3, -0.25) is 19.0 Å². The standard InChI is InChI=1S/C30H32F2N8O5/c1-17(33)27(42)44-16-18-3-6-25(45-28(31)32)20(9-18)14-40-24-10-19(4-5-23(24)26(41)37(40)2)21-11-34-29(35-12-21)38-7-8-39-22(15-38)13-36-30(39)43/h3-6,9-12,17,22,28H,7-8,13-16,33H2,1-2H3,(H,36,43). The highest BCUT2D eigenvalue weighted by molar-refractivity contribution is 5.84. The van der Waals surface area contributed by atoms with Crippen molar-refractivity contribution in [2.24, 2.45) is 12.8 Å². The van der Waals surface area contributed by atoms with Crippen LogP contribution in [-0.2, 0) is 29.7 Å². The summed E-state index contributed by atoms with van der Waals surface area (Å²) in [4.78, 5) is 50.0. The zero-order valence-corrected chi connectivity index (χ0v) is 24.7. The molecule has 2 aromatic heterocycles. The number of rotatable bonds is 9. The van der Waals surface area contributed by atoms with Crippen molar-refractivity contribution < 1.29 is 27.8 Å². The third-order valence-electron chi connectivity index (χ3n) is 8.06. The molecule has 6 rings (SSSR count). The third-order valence-corrected chi connectivity index (χ3v) is 8.06. The molecule has 0 spiro atoms. The summed E-state index contributed by atoms with van der Waals surface area (Å²) >= 11 is 0. The van der Waals surface area contributed by atoms with E-state index in [0.29, 0.717) is 54.2 Å². The molecule has 2 atom stereocenters. The predicted molar refractivity (Wildman–Crippen MR) is 160 cm³/mol. The van der Waals surface area contributed by atoms with Gasteiger partial charge in [0.15, 0.2) is 0 Å². The Morgan fingerprint density at radius 2 is 1.89 bits per heavy atom. The molecule has 13 nitrogen and oxygen atoms in total. The van der Waals surface area contributed by atoms with Gasteiger partial charge in [-0.25, -0.2) is 14.8 Å². The summed E-state index contributed by atoms with van der Waals surface area (Å²) in [7, 11) is 1.59. The molecule has 2 unspecified atom stereocenters. The molecule has 2 amide bonds. The SMILES string of the molecule is CC(N)C(=O)OCc1ccc(OC(F)F)c(Cn2c3cc(-c4cnc(N5CCN6C(=O)NCC6C5)nc4)ccc3c(=O)n2C)c1. The van der Waals surface area contributed by atoms with E-state index in [1.807, 2.05) is 15.9 Å². The molecule has 0 bridgehead atoms. The van der Waals surface area contributed by atoms with Crippen molar-refractivity contribution in [3.8, 4) is 16.9 Å². The van der Waals surface area contributed by atoms with E-state index < -0.39 is 18.6 Å². The van der Waals surface area contributed by atoms with Gasteiger partial charge in [0.05, 0.1) is 23.5 Å². The van der Waals surface area contributed by atoms with Gasteiger partial charge in [-0.05, 0) is 42.3 Å². The fraction of sp³-hybridized carbons (Fsp3) is 0.367. The number of nitrogens with one attached hydrogen (secondary N) is 1. The lowest BCUT2D eigenvalue weighted by molar-refractivity contribution is -0.146. The Morgan fingerprint density at radius 3 is 2.62 bits per heavy atom. The molecule has 2 fully saturated rings. The number of hydrogen-bond acceptors (Lipinski definition) is 9. The summed E-state index contributed by atoms with van der Waals surface area (Å²) in [5.41, 5.74) is 8.24. The molecule has 0 radical (unpaired) electrons. The number of amides is 2. The zero-order chi connectivity index (χ0) is 31.8. The van der Waals surface area contributed by atoms with Crippen molar-refractivity contribution in [3.63, 3.8) is 0 Å². The zero-order valence-electron chi connectivity index (χ0n) is 24.7. The second-order valence-corrected chi connectivity index (χ2v) is 11.1. The molecule has 2 aromatic carbocycles. The number of ether oxygens (including phenoxy) is 2. The Hall–Kier alpha value is -5.05. The first-order valence-corrected chi connectivity index (χ1v) is 14.4. The summed E-state index contributed by atoms with van der Waals surface area (Å²) in [6.45, 7) is 0.772. The van der Waals surface area contributed by atoms with Crippen LogP contribution in [-0.4, -0.2) is 81.1 Å². The summed E-state index contributed by atoms with van der Waals surface area (Å²) in [6, 6.07) is 9.06. The van der Waals surface area contributed by atoms with Gasteiger partial charge < -0.3 is 30.3 Å². The Balaban J connectivity index is 1.28. The first kappa shape index (κ1) is 30.0. The van der Waals surface area contributed by atoms with Crippen LogP contribution in [0.2, 0.25) is 0 Å². The van der Waals surface area contributed by atoms with E-state index in [9.17, 15) is 23.2 Å². The van der Waals surface area contributed by atoms with Crippen LogP contribution >= 0.6 is 0 Å². The number of carbonyl (C=O) groups is 2. The molecule has 236 valence electrons. The van der Waals surface area contributed by atoms with E-state index in [1.54, 1.807) is 42.3 Å². The summed E-state index contributed by atoms with van der Waals surface area (Å²) in [5.74, 6) is -0.105. The first-order chi connectivity index (χ1) is 21.6. The number of halogens is 2. The number of nitrogens with zero attached hydrogens (tertiary/aromatic N) is 6. The van der Waals surface area contributed by atoms with E-state index in [0.717, 1.165) is 11.1 Å². The average molecular weight is 623 g/mol. The minimum atomic E-state index is -3.06. The minimum Gasteiger partial charge on any atom is -0.460 e. The second-order valence-electron chi connectivity index (χ2n) is 11.1. The van der Waals surface area contributed by atoms with Crippen molar-refractivity contribution >= 4 is 28.9 Å². The normalized spacial score (nSPS) is 17.0. The molecule has 2 saturated heterocycles. The van der Waals surface area contributed by atoms with Crippen LogP contribution < -0.4 is 26.2 Å². The maximum absolute atomic E-state index is 13.3. The number of alkyl halides is 2. The van der Waals surface area contributed by atoms with E-state index in [1.165, 1.54) is 23.7 Å². The molecular formula is C30H32F2N8O5. The van der Waals surface area contributed by atoms with E-state index in [-0.39, 0.29) is 36.5 Å². The number of hydrogen-bond donors (Lipinski definition) is 2. The van der Waals surface area contributed by atoms with Crippen LogP contribution in [0.3, 0.4) is 0 Å². The van der Waals surface area contributed by atoms with Gasteiger partial charge in [-0.2, -0.15) is 8.78 Å². The summed E-state index contributed by atoms with van der Waals surface area (Å²) < 4.78 is 39.6. The van der Waals surface area contributed by atoms with Gasteiger partial charge in [0.1, 0.15) is 18.4 Å². The van der Waals surface area contributed by atoms with Crippen molar-refractivity contribution in [2.75, 3.05) is 31.1 Å².